The molecule has 3 fully saturated rings. The molecule has 3 unspecified atom stereocenters. The van der Waals surface area contributed by atoms with Crippen molar-refractivity contribution in [3.05, 3.63) is 30.1 Å². The summed E-state index contributed by atoms with van der Waals surface area (Å²) >= 11 is 0. The summed E-state index contributed by atoms with van der Waals surface area (Å²) in [6.07, 6.45) is 6.08. The van der Waals surface area contributed by atoms with Crippen LogP contribution in [-0.2, 0) is 4.79 Å². The molecular formula is C19H28Cl2FN3O. The molecule has 2 heterocycles. The molecule has 1 amide bonds. The number of fused-ring (bicyclic) bond motifs is 1. The quantitative estimate of drug-likeness (QED) is 0.822. The molecule has 1 N–H and O–H groups in total. The first kappa shape index (κ1) is 21.3. The van der Waals surface area contributed by atoms with Crippen molar-refractivity contribution in [1.82, 2.24) is 10.2 Å². The molecule has 1 aromatic carbocycles. The number of carbonyl (C=O) groups excluding carboxylic acids is 1. The van der Waals surface area contributed by atoms with Crippen molar-refractivity contribution < 1.29 is 9.18 Å². The highest BCUT2D eigenvalue weighted by Gasteiger charge is 2.40. The molecule has 7 heteroatoms. The zero-order valence-corrected chi connectivity index (χ0v) is 16.5. The van der Waals surface area contributed by atoms with E-state index in [9.17, 15) is 9.18 Å². The number of hydrogen-bond acceptors (Lipinski definition) is 3. The van der Waals surface area contributed by atoms with Gasteiger partial charge in [0.1, 0.15) is 5.82 Å². The number of nitrogens with zero attached hydrogens (tertiary/aromatic N) is 2. The van der Waals surface area contributed by atoms with E-state index in [4.69, 9.17) is 0 Å². The third kappa shape index (κ3) is 4.26. The van der Waals surface area contributed by atoms with Crippen LogP contribution in [0.4, 0.5) is 10.1 Å². The molecule has 1 saturated carbocycles. The second-order valence-electron chi connectivity index (χ2n) is 7.37. The van der Waals surface area contributed by atoms with Crippen LogP contribution in [0.1, 0.15) is 32.1 Å². The third-order valence-electron chi connectivity index (χ3n) is 5.95. The van der Waals surface area contributed by atoms with Crippen LogP contribution in [0.15, 0.2) is 24.3 Å². The minimum absolute atomic E-state index is 0. The number of nitrogens with one attached hydrogen (secondary N) is 1. The molecule has 0 aromatic heterocycles. The first-order valence-electron chi connectivity index (χ1n) is 9.26. The van der Waals surface area contributed by atoms with Crippen LogP contribution in [0.25, 0.3) is 0 Å². The minimum atomic E-state index is -0.182. The standard InChI is InChI=1S/C19H26FN3O.2ClH/c20-15-6-2-4-8-18(15)22-9-11-23(12-10-22)19(24)17-13-14-5-1-3-7-16(14)21-17;;/h2,4,6,8,14,16-17,21H,1,3,5,7,9-13H2;2*1H. The van der Waals surface area contributed by atoms with Gasteiger partial charge in [-0.25, -0.2) is 4.39 Å². The monoisotopic (exact) mass is 403 g/mol. The van der Waals surface area contributed by atoms with E-state index in [1.807, 2.05) is 21.9 Å². The van der Waals surface area contributed by atoms with Crippen LogP contribution in [0.5, 0.6) is 0 Å². The highest BCUT2D eigenvalue weighted by molar-refractivity contribution is 5.85. The fourth-order valence-corrected chi connectivity index (χ4v) is 4.61. The lowest BCUT2D eigenvalue weighted by Gasteiger charge is -2.37. The summed E-state index contributed by atoms with van der Waals surface area (Å²) in [6.45, 7) is 2.76. The smallest absolute Gasteiger partial charge is 0.239 e. The number of carbonyl (C=O) groups is 1. The average Bonchev–Trinajstić information content (AvgIpc) is 3.06. The van der Waals surface area contributed by atoms with Gasteiger partial charge in [-0.3, -0.25) is 4.79 Å². The highest BCUT2D eigenvalue weighted by Crippen LogP contribution is 2.33. The summed E-state index contributed by atoms with van der Waals surface area (Å²) in [4.78, 5) is 16.8. The summed E-state index contributed by atoms with van der Waals surface area (Å²) in [5.41, 5.74) is 0.648. The van der Waals surface area contributed by atoms with E-state index in [1.54, 1.807) is 6.07 Å². The van der Waals surface area contributed by atoms with Gasteiger partial charge in [0.05, 0.1) is 11.7 Å². The van der Waals surface area contributed by atoms with Gasteiger partial charge in [0, 0.05) is 32.2 Å². The van der Waals surface area contributed by atoms with E-state index in [0.717, 1.165) is 6.42 Å². The SMILES string of the molecule is Cl.Cl.O=C(C1CC2CCCCC2N1)N1CCN(c2ccccc2F)CC1. The molecule has 2 aliphatic heterocycles. The summed E-state index contributed by atoms with van der Waals surface area (Å²) in [5.74, 6) is 0.754. The van der Waals surface area contributed by atoms with Crippen molar-refractivity contribution in [2.45, 2.75) is 44.2 Å². The predicted octanol–water partition coefficient (Wildman–Crippen LogP) is 3.24. The minimum Gasteiger partial charge on any atom is -0.366 e. The molecule has 1 aromatic rings. The molecule has 4 nitrogen and oxygen atoms in total. The molecule has 2 saturated heterocycles. The third-order valence-corrected chi connectivity index (χ3v) is 5.95. The Morgan fingerprint density at radius 2 is 1.73 bits per heavy atom. The number of hydrogen-bond donors (Lipinski definition) is 1. The van der Waals surface area contributed by atoms with Gasteiger partial charge < -0.3 is 15.1 Å². The second kappa shape index (κ2) is 9.25. The lowest BCUT2D eigenvalue weighted by molar-refractivity contribution is -0.133. The maximum Gasteiger partial charge on any atom is 0.239 e. The van der Waals surface area contributed by atoms with Crippen LogP contribution < -0.4 is 10.2 Å². The zero-order chi connectivity index (χ0) is 16.5. The maximum absolute atomic E-state index is 13.9. The highest BCUT2D eigenvalue weighted by atomic mass is 35.5. The number of amides is 1. The Balaban J connectivity index is 0.00000121. The Morgan fingerprint density at radius 1 is 1.04 bits per heavy atom. The van der Waals surface area contributed by atoms with Crippen molar-refractivity contribution in [1.29, 1.82) is 0 Å². The van der Waals surface area contributed by atoms with Gasteiger partial charge >= 0.3 is 0 Å². The normalized spacial score (nSPS) is 28.0. The Labute approximate surface area is 167 Å². The molecule has 26 heavy (non-hydrogen) atoms. The van der Waals surface area contributed by atoms with Gasteiger partial charge in [-0.1, -0.05) is 25.0 Å². The molecule has 3 atom stereocenters. The van der Waals surface area contributed by atoms with Crippen LogP contribution in [0, 0.1) is 11.7 Å². The number of piperazine rings is 1. The van der Waals surface area contributed by atoms with E-state index in [2.05, 4.69) is 5.32 Å². The first-order chi connectivity index (χ1) is 11.7. The van der Waals surface area contributed by atoms with Gasteiger partial charge in [0.15, 0.2) is 0 Å². The van der Waals surface area contributed by atoms with E-state index in [1.165, 1.54) is 31.7 Å². The summed E-state index contributed by atoms with van der Waals surface area (Å²) in [7, 11) is 0. The van der Waals surface area contributed by atoms with E-state index in [0.29, 0.717) is 43.8 Å². The molecule has 4 rings (SSSR count). The second-order valence-corrected chi connectivity index (χ2v) is 7.37. The number of anilines is 1. The molecular weight excluding hydrogens is 376 g/mol. The largest absolute Gasteiger partial charge is 0.366 e. The molecule has 0 radical (unpaired) electrons. The molecule has 146 valence electrons. The van der Waals surface area contributed by atoms with E-state index in [-0.39, 0.29) is 42.6 Å². The lowest BCUT2D eigenvalue weighted by Crippen LogP contribution is -2.53. The van der Waals surface area contributed by atoms with Crippen molar-refractivity contribution in [2.75, 3.05) is 31.1 Å². The topological polar surface area (TPSA) is 35.6 Å². The summed E-state index contributed by atoms with van der Waals surface area (Å²) in [5, 5.41) is 3.58. The summed E-state index contributed by atoms with van der Waals surface area (Å²) < 4.78 is 13.9. The van der Waals surface area contributed by atoms with Crippen molar-refractivity contribution >= 4 is 36.4 Å². The Hall–Kier alpha value is -1.04. The summed E-state index contributed by atoms with van der Waals surface area (Å²) in [6, 6.07) is 7.43. The predicted molar refractivity (Wildman–Crippen MR) is 107 cm³/mol. The van der Waals surface area contributed by atoms with E-state index >= 15 is 0 Å². The van der Waals surface area contributed by atoms with Gasteiger partial charge in [-0.2, -0.15) is 0 Å². The number of benzene rings is 1. The zero-order valence-electron chi connectivity index (χ0n) is 14.9. The maximum atomic E-state index is 13.9. The van der Waals surface area contributed by atoms with Crippen LogP contribution >= 0.6 is 24.8 Å². The van der Waals surface area contributed by atoms with Crippen LogP contribution in [-0.4, -0.2) is 49.1 Å². The fraction of sp³-hybridized carbons (Fsp3) is 0.632. The van der Waals surface area contributed by atoms with Gasteiger partial charge in [-0.05, 0) is 37.3 Å². The number of para-hydroxylation sites is 1. The van der Waals surface area contributed by atoms with Gasteiger partial charge in [0.2, 0.25) is 5.91 Å². The number of rotatable bonds is 2. The molecule has 3 aliphatic rings. The molecule has 0 spiro atoms. The fourth-order valence-electron chi connectivity index (χ4n) is 4.61. The number of halogens is 3. The molecule has 0 bridgehead atoms. The average molecular weight is 404 g/mol. The van der Waals surface area contributed by atoms with Crippen molar-refractivity contribution in [3.8, 4) is 0 Å². The van der Waals surface area contributed by atoms with Crippen LogP contribution in [0.3, 0.4) is 0 Å². The first-order valence-corrected chi connectivity index (χ1v) is 9.26. The van der Waals surface area contributed by atoms with Gasteiger partial charge in [0.25, 0.3) is 0 Å². The van der Waals surface area contributed by atoms with E-state index < -0.39 is 0 Å². The lowest BCUT2D eigenvalue weighted by atomic mass is 9.85. The van der Waals surface area contributed by atoms with Crippen molar-refractivity contribution in [2.24, 2.45) is 5.92 Å². The Bertz CT molecular complexity index is 596. The van der Waals surface area contributed by atoms with Crippen LogP contribution in [0.2, 0.25) is 0 Å². The van der Waals surface area contributed by atoms with Crippen molar-refractivity contribution in [3.63, 3.8) is 0 Å². The Morgan fingerprint density at radius 3 is 2.42 bits per heavy atom. The molecule has 1 aliphatic carbocycles. The van der Waals surface area contributed by atoms with Gasteiger partial charge in [-0.15, -0.1) is 24.8 Å². The Kier molecular flexibility index (Phi) is 7.56.